The highest BCUT2D eigenvalue weighted by molar-refractivity contribution is 6.11. The number of aromatic nitrogens is 1. The van der Waals surface area contributed by atoms with E-state index in [0.29, 0.717) is 0 Å². The van der Waals surface area contributed by atoms with Crippen LogP contribution in [0, 0.1) is 6.92 Å². The highest BCUT2D eigenvalue weighted by atomic mass is 16.3. The highest BCUT2D eigenvalue weighted by Crippen LogP contribution is 2.37. The van der Waals surface area contributed by atoms with Crippen LogP contribution in [0.4, 0.5) is 0 Å². The Balaban J connectivity index is 0.983. The Kier molecular flexibility index (Phi) is 7.35. The molecule has 0 fully saturated rings. The number of fused-ring (bicyclic) bond motifs is 6. The largest absolute Gasteiger partial charge is 0.456 e. The monoisotopic (exact) mass is 631 g/mol. The lowest BCUT2D eigenvalue weighted by Gasteiger charge is -2.12. The first-order chi connectivity index (χ1) is 24.2. The summed E-state index contributed by atoms with van der Waals surface area (Å²) >= 11 is 0. The number of benzene rings is 7. The molecule has 0 N–H and O–H groups in total. The van der Waals surface area contributed by atoms with Gasteiger partial charge in [0.1, 0.15) is 11.2 Å². The molecule has 2 heterocycles. The second kappa shape index (κ2) is 12.3. The molecule has 0 amide bonds. The van der Waals surface area contributed by atoms with Gasteiger partial charge in [0, 0.05) is 27.2 Å². The van der Waals surface area contributed by atoms with E-state index in [1.54, 1.807) is 0 Å². The van der Waals surface area contributed by atoms with E-state index in [1.807, 2.05) is 0 Å². The van der Waals surface area contributed by atoms with Crippen LogP contribution in [0.3, 0.4) is 0 Å². The van der Waals surface area contributed by atoms with E-state index in [9.17, 15) is 0 Å². The molecule has 0 aliphatic rings. The van der Waals surface area contributed by atoms with Crippen molar-refractivity contribution < 1.29 is 4.42 Å². The minimum Gasteiger partial charge on any atom is -0.456 e. The summed E-state index contributed by atoms with van der Waals surface area (Å²) < 4.78 is 8.72. The molecule has 9 aromatic rings. The standard InChI is InChI=1S/C47H37NO/c1-32-13-2-6-19-38(32)39-20-7-5-17-34(39)16-4-3-14-33-15-12-18-35(29-33)36-25-27-46-42(30-36)43-31-37(26-28-47(43)49-46)48-44-23-10-8-21-40(44)41-22-9-11-24-45(41)48/h2,5-13,15,17-31H,3-4,14,16H2,1H3. The van der Waals surface area contributed by atoms with Gasteiger partial charge in [-0.3, -0.25) is 0 Å². The molecule has 2 aromatic heterocycles. The first-order valence-electron chi connectivity index (χ1n) is 17.4. The molecule has 0 saturated heterocycles. The number of para-hydroxylation sites is 2. The number of hydrogen-bond acceptors (Lipinski definition) is 1. The van der Waals surface area contributed by atoms with Crippen LogP contribution in [-0.2, 0) is 12.8 Å². The molecule has 9 rings (SSSR count). The second-order valence-electron chi connectivity index (χ2n) is 13.2. The van der Waals surface area contributed by atoms with Gasteiger partial charge in [-0.15, -0.1) is 0 Å². The van der Waals surface area contributed by atoms with Gasteiger partial charge in [-0.05, 0) is 114 Å². The molecule has 2 heteroatoms. The minimum absolute atomic E-state index is 0.911. The van der Waals surface area contributed by atoms with Gasteiger partial charge in [-0.2, -0.15) is 0 Å². The molecule has 0 aliphatic carbocycles. The van der Waals surface area contributed by atoms with Gasteiger partial charge in [0.2, 0.25) is 0 Å². The Morgan fingerprint density at radius 3 is 1.90 bits per heavy atom. The van der Waals surface area contributed by atoms with Crippen molar-refractivity contribution in [3.05, 3.63) is 174 Å². The van der Waals surface area contributed by atoms with Crippen molar-refractivity contribution in [2.24, 2.45) is 0 Å². The molecule has 0 saturated carbocycles. The quantitative estimate of drug-likeness (QED) is 0.153. The zero-order chi connectivity index (χ0) is 32.7. The zero-order valence-electron chi connectivity index (χ0n) is 27.7. The van der Waals surface area contributed by atoms with Crippen molar-refractivity contribution in [3.8, 4) is 27.9 Å². The van der Waals surface area contributed by atoms with Crippen molar-refractivity contribution in [2.45, 2.75) is 32.6 Å². The van der Waals surface area contributed by atoms with Crippen molar-refractivity contribution in [1.82, 2.24) is 4.57 Å². The highest BCUT2D eigenvalue weighted by Gasteiger charge is 2.15. The minimum atomic E-state index is 0.911. The van der Waals surface area contributed by atoms with Crippen molar-refractivity contribution in [2.75, 3.05) is 0 Å². The fraction of sp³-hybridized carbons (Fsp3) is 0.106. The number of furan rings is 1. The van der Waals surface area contributed by atoms with Gasteiger partial charge >= 0.3 is 0 Å². The van der Waals surface area contributed by atoms with E-state index >= 15 is 0 Å². The van der Waals surface area contributed by atoms with Gasteiger partial charge in [-0.25, -0.2) is 0 Å². The fourth-order valence-corrected chi connectivity index (χ4v) is 7.71. The first kappa shape index (κ1) is 29.3. The third-order valence-electron chi connectivity index (χ3n) is 10.2. The molecule has 0 spiro atoms. The molecule has 236 valence electrons. The van der Waals surface area contributed by atoms with Crippen LogP contribution in [0.15, 0.2) is 162 Å². The summed E-state index contributed by atoms with van der Waals surface area (Å²) in [6, 6.07) is 57.2. The van der Waals surface area contributed by atoms with Crippen LogP contribution < -0.4 is 0 Å². The lowest BCUT2D eigenvalue weighted by atomic mass is 9.93. The lowest BCUT2D eigenvalue weighted by molar-refractivity contribution is 0.669. The summed E-state index contributed by atoms with van der Waals surface area (Å²) in [6.45, 7) is 2.20. The smallest absolute Gasteiger partial charge is 0.135 e. The molecule has 0 atom stereocenters. The third-order valence-corrected chi connectivity index (χ3v) is 10.2. The summed E-state index contributed by atoms with van der Waals surface area (Å²) in [5, 5.41) is 4.82. The predicted octanol–water partition coefficient (Wildman–Crippen LogP) is 12.9. The lowest BCUT2D eigenvalue weighted by Crippen LogP contribution is -1.94. The number of nitrogens with zero attached hydrogens (tertiary/aromatic N) is 1. The van der Waals surface area contributed by atoms with Gasteiger partial charge in [0.05, 0.1) is 11.0 Å². The Morgan fingerprint density at radius 2 is 1.10 bits per heavy atom. The number of unbranched alkanes of at least 4 members (excludes halogenated alkanes) is 1. The Hall–Kier alpha value is -5.86. The molecular formula is C47H37NO. The normalized spacial score (nSPS) is 11.7. The summed E-state index contributed by atoms with van der Waals surface area (Å²) in [6.07, 6.45) is 4.47. The van der Waals surface area contributed by atoms with Crippen LogP contribution in [0.5, 0.6) is 0 Å². The van der Waals surface area contributed by atoms with Crippen molar-refractivity contribution in [1.29, 1.82) is 0 Å². The second-order valence-corrected chi connectivity index (χ2v) is 13.2. The molecule has 49 heavy (non-hydrogen) atoms. The number of hydrogen-bond donors (Lipinski definition) is 0. The summed E-state index contributed by atoms with van der Waals surface area (Å²) in [7, 11) is 0. The van der Waals surface area contributed by atoms with Crippen LogP contribution in [-0.4, -0.2) is 4.57 Å². The topological polar surface area (TPSA) is 18.1 Å². The van der Waals surface area contributed by atoms with Gasteiger partial charge < -0.3 is 8.98 Å². The molecular weight excluding hydrogens is 595 g/mol. The Bertz CT molecular complexity index is 2580. The summed E-state index contributed by atoms with van der Waals surface area (Å²) in [5.74, 6) is 0. The van der Waals surface area contributed by atoms with Crippen molar-refractivity contribution >= 4 is 43.7 Å². The number of aryl methyl sites for hydroxylation is 3. The molecule has 7 aromatic carbocycles. The van der Waals surface area contributed by atoms with Crippen LogP contribution in [0.2, 0.25) is 0 Å². The van der Waals surface area contributed by atoms with Crippen LogP contribution in [0.25, 0.3) is 71.7 Å². The van der Waals surface area contributed by atoms with E-state index in [0.717, 1.165) is 53.3 Å². The average molecular weight is 632 g/mol. The van der Waals surface area contributed by atoms with Gasteiger partial charge in [0.15, 0.2) is 0 Å². The average Bonchev–Trinajstić information content (AvgIpc) is 3.69. The molecule has 0 unspecified atom stereocenters. The molecule has 0 aliphatic heterocycles. The van der Waals surface area contributed by atoms with E-state index in [1.165, 1.54) is 60.8 Å². The maximum atomic E-state index is 6.35. The molecule has 0 radical (unpaired) electrons. The SMILES string of the molecule is Cc1ccccc1-c1ccccc1CCCCc1cccc(-c2ccc3oc4ccc(-n5c6ccccc6c6ccccc65)cc4c3c2)c1. The number of rotatable bonds is 8. The third kappa shape index (κ3) is 5.30. The molecule has 2 nitrogen and oxygen atoms in total. The molecule has 0 bridgehead atoms. The first-order valence-corrected chi connectivity index (χ1v) is 17.4. The maximum absolute atomic E-state index is 6.35. The Labute approximate surface area is 286 Å². The van der Waals surface area contributed by atoms with Crippen LogP contribution in [0.1, 0.15) is 29.5 Å². The maximum Gasteiger partial charge on any atom is 0.135 e. The van der Waals surface area contributed by atoms with E-state index in [2.05, 4.69) is 169 Å². The van der Waals surface area contributed by atoms with Crippen molar-refractivity contribution in [3.63, 3.8) is 0 Å². The predicted molar refractivity (Wildman–Crippen MR) is 207 cm³/mol. The van der Waals surface area contributed by atoms with Gasteiger partial charge in [0.25, 0.3) is 0 Å². The van der Waals surface area contributed by atoms with Gasteiger partial charge in [-0.1, -0.05) is 115 Å². The zero-order valence-corrected chi connectivity index (χ0v) is 27.7. The van der Waals surface area contributed by atoms with E-state index < -0.39 is 0 Å². The van der Waals surface area contributed by atoms with E-state index in [4.69, 9.17) is 4.42 Å². The van der Waals surface area contributed by atoms with E-state index in [-0.39, 0.29) is 0 Å². The van der Waals surface area contributed by atoms with Crippen LogP contribution >= 0.6 is 0 Å². The fourth-order valence-electron chi connectivity index (χ4n) is 7.71. The summed E-state index contributed by atoms with van der Waals surface area (Å²) in [5.41, 5.74) is 14.7. The Morgan fingerprint density at radius 1 is 0.469 bits per heavy atom. The summed E-state index contributed by atoms with van der Waals surface area (Å²) in [4.78, 5) is 0.